The van der Waals surface area contributed by atoms with E-state index in [1.165, 1.54) is 10.5 Å². The molecule has 28 heavy (non-hydrogen) atoms. The number of benzene rings is 1. The van der Waals surface area contributed by atoms with Crippen LogP contribution in [0.3, 0.4) is 0 Å². The minimum atomic E-state index is -3.59. The number of fused-ring (bicyclic) bond motifs is 1. The van der Waals surface area contributed by atoms with E-state index in [0.717, 1.165) is 44.1 Å². The zero-order valence-corrected chi connectivity index (χ0v) is 16.8. The summed E-state index contributed by atoms with van der Waals surface area (Å²) in [7, 11) is -3.59. The number of amides is 3. The molecule has 2 N–H and O–H groups in total. The van der Waals surface area contributed by atoms with Gasteiger partial charge in [0.15, 0.2) is 0 Å². The number of hydrogen-bond donors (Lipinski definition) is 2. The Hall–Kier alpha value is -1.93. The van der Waals surface area contributed by atoms with Crippen LogP contribution in [0.25, 0.3) is 0 Å². The molecule has 2 fully saturated rings. The number of nitrogens with zero attached hydrogens (tertiary/aromatic N) is 1. The minimum absolute atomic E-state index is 0.160. The van der Waals surface area contributed by atoms with Crippen molar-refractivity contribution in [2.75, 3.05) is 13.1 Å². The summed E-state index contributed by atoms with van der Waals surface area (Å²) in [5, 5.41) is 2.84. The van der Waals surface area contributed by atoms with Gasteiger partial charge in [-0.05, 0) is 68.2 Å². The predicted octanol–water partition coefficient (Wildman–Crippen LogP) is 2.10. The largest absolute Gasteiger partial charge is 0.325 e. The molecule has 7 nitrogen and oxygen atoms in total. The molecular weight excluding hydrogens is 378 g/mol. The first-order valence-electron chi connectivity index (χ1n) is 10.2. The van der Waals surface area contributed by atoms with Gasteiger partial charge in [-0.15, -0.1) is 0 Å². The van der Waals surface area contributed by atoms with E-state index in [1.807, 2.05) is 6.07 Å². The number of urea groups is 1. The third-order valence-electron chi connectivity index (χ3n) is 6.18. The first-order valence-corrected chi connectivity index (χ1v) is 11.7. The summed E-state index contributed by atoms with van der Waals surface area (Å²) in [5.41, 5.74) is 1.65. The Bertz CT molecular complexity index is 891. The smallest absolute Gasteiger partial charge is 0.323 e. The number of hydrogen-bond acceptors (Lipinski definition) is 4. The number of aryl methyl sites for hydroxylation is 2. The Morgan fingerprint density at radius 3 is 2.50 bits per heavy atom. The lowest BCUT2D eigenvalue weighted by molar-refractivity contribution is -0.131. The summed E-state index contributed by atoms with van der Waals surface area (Å²) in [4.78, 5) is 26.3. The summed E-state index contributed by atoms with van der Waals surface area (Å²) in [6.45, 7) is 0.405. The molecule has 1 heterocycles. The van der Waals surface area contributed by atoms with Gasteiger partial charge in [-0.3, -0.25) is 9.69 Å². The summed E-state index contributed by atoms with van der Waals surface area (Å²) < 4.78 is 27.8. The lowest BCUT2D eigenvalue weighted by Gasteiger charge is -2.20. The van der Waals surface area contributed by atoms with Crippen LogP contribution in [0.4, 0.5) is 4.79 Å². The lowest BCUT2D eigenvalue weighted by atomic mass is 9.92. The normalized spacial score (nSPS) is 21.2. The molecule has 0 atom stereocenters. The second-order valence-corrected chi connectivity index (χ2v) is 9.83. The van der Waals surface area contributed by atoms with Crippen molar-refractivity contribution in [3.05, 3.63) is 29.3 Å². The zero-order chi connectivity index (χ0) is 19.8. The van der Waals surface area contributed by atoms with E-state index < -0.39 is 15.6 Å². The van der Waals surface area contributed by atoms with E-state index in [4.69, 9.17) is 0 Å². The Balaban J connectivity index is 1.32. The fourth-order valence-corrected chi connectivity index (χ4v) is 5.73. The highest BCUT2D eigenvalue weighted by Gasteiger charge is 2.51. The maximum atomic E-state index is 12.6. The second-order valence-electron chi connectivity index (χ2n) is 8.07. The molecule has 0 bridgehead atoms. The molecule has 4 rings (SSSR count). The van der Waals surface area contributed by atoms with Gasteiger partial charge in [0.1, 0.15) is 5.54 Å². The number of nitrogens with one attached hydrogen (secondary N) is 2. The van der Waals surface area contributed by atoms with E-state index in [0.29, 0.717) is 19.3 Å². The third-order valence-corrected chi connectivity index (χ3v) is 7.64. The standard InChI is InChI=1S/C20H27N3O4S/c24-18-20(10-3-4-11-20)22-19(25)23(18)13-5-12-21-28(26,27)17-9-8-15-6-1-2-7-16(15)14-17/h8-9,14,21H,1-7,10-13H2,(H,22,25). The molecule has 1 saturated carbocycles. The summed E-state index contributed by atoms with van der Waals surface area (Å²) in [6, 6.07) is 4.99. The average Bonchev–Trinajstić information content (AvgIpc) is 3.24. The number of rotatable bonds is 6. The van der Waals surface area contributed by atoms with Crippen LogP contribution in [-0.4, -0.2) is 43.9 Å². The highest BCUT2D eigenvalue weighted by atomic mass is 32.2. The van der Waals surface area contributed by atoms with Gasteiger partial charge in [0, 0.05) is 13.1 Å². The van der Waals surface area contributed by atoms with Crippen molar-refractivity contribution >= 4 is 22.0 Å². The van der Waals surface area contributed by atoms with Crippen LogP contribution in [-0.2, 0) is 27.7 Å². The van der Waals surface area contributed by atoms with Gasteiger partial charge in [-0.2, -0.15) is 0 Å². The highest BCUT2D eigenvalue weighted by Crippen LogP contribution is 2.35. The Labute approximate surface area is 165 Å². The molecule has 3 amide bonds. The van der Waals surface area contributed by atoms with Gasteiger partial charge in [-0.25, -0.2) is 17.9 Å². The molecule has 1 aromatic rings. The van der Waals surface area contributed by atoms with Crippen molar-refractivity contribution in [1.29, 1.82) is 0 Å². The van der Waals surface area contributed by atoms with E-state index in [2.05, 4.69) is 10.0 Å². The van der Waals surface area contributed by atoms with Crippen molar-refractivity contribution in [3.8, 4) is 0 Å². The number of carbonyl (C=O) groups excluding carboxylic acids is 2. The topological polar surface area (TPSA) is 95.6 Å². The molecule has 1 aliphatic heterocycles. The number of imide groups is 1. The SMILES string of the molecule is O=C1NC2(CCCC2)C(=O)N1CCCNS(=O)(=O)c1ccc2c(c1)CCCC2. The van der Waals surface area contributed by atoms with E-state index >= 15 is 0 Å². The summed E-state index contributed by atoms with van der Waals surface area (Å²) in [5.74, 6) is -0.160. The first-order chi connectivity index (χ1) is 13.4. The van der Waals surface area contributed by atoms with E-state index in [-0.39, 0.29) is 29.9 Å². The van der Waals surface area contributed by atoms with Gasteiger partial charge in [0.25, 0.3) is 5.91 Å². The number of carbonyl (C=O) groups is 2. The Morgan fingerprint density at radius 2 is 1.75 bits per heavy atom. The van der Waals surface area contributed by atoms with Gasteiger partial charge < -0.3 is 5.32 Å². The van der Waals surface area contributed by atoms with Crippen LogP contribution in [0.2, 0.25) is 0 Å². The average molecular weight is 406 g/mol. The van der Waals surface area contributed by atoms with Crippen LogP contribution in [0.1, 0.15) is 56.1 Å². The monoisotopic (exact) mass is 405 g/mol. The molecule has 1 saturated heterocycles. The van der Waals surface area contributed by atoms with Crippen LogP contribution >= 0.6 is 0 Å². The predicted molar refractivity (Wildman–Crippen MR) is 104 cm³/mol. The highest BCUT2D eigenvalue weighted by molar-refractivity contribution is 7.89. The molecule has 0 unspecified atom stereocenters. The van der Waals surface area contributed by atoms with E-state index in [9.17, 15) is 18.0 Å². The van der Waals surface area contributed by atoms with Crippen molar-refractivity contribution in [2.24, 2.45) is 0 Å². The zero-order valence-electron chi connectivity index (χ0n) is 16.0. The van der Waals surface area contributed by atoms with Gasteiger partial charge in [0.05, 0.1) is 4.90 Å². The van der Waals surface area contributed by atoms with Crippen molar-refractivity contribution in [1.82, 2.24) is 14.9 Å². The molecule has 152 valence electrons. The van der Waals surface area contributed by atoms with Crippen molar-refractivity contribution in [3.63, 3.8) is 0 Å². The molecule has 0 radical (unpaired) electrons. The quantitative estimate of drug-likeness (QED) is 0.560. The maximum Gasteiger partial charge on any atom is 0.325 e. The van der Waals surface area contributed by atoms with Crippen molar-refractivity contribution in [2.45, 2.75) is 68.2 Å². The third kappa shape index (κ3) is 3.55. The first kappa shape index (κ1) is 19.4. The Morgan fingerprint density at radius 1 is 1.04 bits per heavy atom. The van der Waals surface area contributed by atoms with Gasteiger partial charge >= 0.3 is 6.03 Å². The fraction of sp³-hybridized carbons (Fsp3) is 0.600. The van der Waals surface area contributed by atoms with Gasteiger partial charge in [0.2, 0.25) is 10.0 Å². The molecule has 2 aliphatic carbocycles. The molecular formula is C20H27N3O4S. The minimum Gasteiger partial charge on any atom is -0.323 e. The molecule has 0 aromatic heterocycles. The van der Waals surface area contributed by atoms with Gasteiger partial charge in [-0.1, -0.05) is 18.9 Å². The Kier molecular flexibility index (Phi) is 5.18. The second kappa shape index (κ2) is 7.48. The van der Waals surface area contributed by atoms with Crippen LogP contribution in [0.15, 0.2) is 23.1 Å². The molecule has 1 aromatic carbocycles. The number of sulfonamides is 1. The maximum absolute atomic E-state index is 12.6. The molecule has 3 aliphatic rings. The molecule has 8 heteroatoms. The summed E-state index contributed by atoms with van der Waals surface area (Å²) in [6.07, 6.45) is 7.85. The van der Waals surface area contributed by atoms with Crippen LogP contribution in [0.5, 0.6) is 0 Å². The van der Waals surface area contributed by atoms with E-state index in [1.54, 1.807) is 12.1 Å². The van der Waals surface area contributed by atoms with Crippen LogP contribution < -0.4 is 10.0 Å². The fourth-order valence-electron chi connectivity index (χ4n) is 4.60. The molecule has 1 spiro atoms. The summed E-state index contributed by atoms with van der Waals surface area (Å²) >= 11 is 0. The van der Waals surface area contributed by atoms with Crippen molar-refractivity contribution < 1.29 is 18.0 Å². The lowest BCUT2D eigenvalue weighted by Crippen LogP contribution is -2.44. The van der Waals surface area contributed by atoms with Crippen LogP contribution in [0, 0.1) is 0 Å².